The van der Waals surface area contributed by atoms with Crippen LogP contribution in [0.5, 0.6) is 5.75 Å². The Labute approximate surface area is 214 Å². The number of nitrogens with zero attached hydrogens (tertiary/aromatic N) is 5. The highest BCUT2D eigenvalue weighted by Gasteiger charge is 2.18. The summed E-state index contributed by atoms with van der Waals surface area (Å²) < 4.78 is 7.04. The third kappa shape index (κ3) is 5.08. The number of nitrogens with one attached hydrogen (secondary N) is 2. The van der Waals surface area contributed by atoms with Gasteiger partial charge in [-0.2, -0.15) is 9.50 Å². The zero-order chi connectivity index (χ0) is 25.1. The SMILES string of the molecule is COc1ccc(CNc2c(Cc3cccnc3)c(C)nc3nc(Nc4cc(Cl)ccc4C)nn23)cc1. The van der Waals surface area contributed by atoms with E-state index < -0.39 is 0 Å². The molecule has 0 aliphatic rings. The smallest absolute Gasteiger partial charge is 0.256 e. The van der Waals surface area contributed by atoms with Crippen LogP contribution in [0.2, 0.25) is 5.02 Å². The second-order valence-electron chi connectivity index (χ2n) is 8.50. The van der Waals surface area contributed by atoms with E-state index in [1.165, 1.54) is 0 Å². The van der Waals surface area contributed by atoms with Crippen LogP contribution in [0.1, 0.15) is 27.9 Å². The number of anilines is 3. The first kappa shape index (κ1) is 23.6. The van der Waals surface area contributed by atoms with Gasteiger partial charge in [0.2, 0.25) is 5.95 Å². The minimum Gasteiger partial charge on any atom is -0.497 e. The first-order valence-corrected chi connectivity index (χ1v) is 11.9. The second kappa shape index (κ2) is 10.2. The first-order valence-electron chi connectivity index (χ1n) is 11.6. The number of benzene rings is 2. The molecule has 0 radical (unpaired) electrons. The highest BCUT2D eigenvalue weighted by atomic mass is 35.5. The van der Waals surface area contributed by atoms with Crippen molar-refractivity contribution in [2.75, 3.05) is 17.7 Å². The molecule has 0 spiro atoms. The molecule has 0 aliphatic heterocycles. The maximum Gasteiger partial charge on any atom is 0.256 e. The average Bonchev–Trinajstić information content (AvgIpc) is 3.28. The summed E-state index contributed by atoms with van der Waals surface area (Å²) in [6, 6.07) is 17.6. The van der Waals surface area contributed by atoms with Crippen molar-refractivity contribution in [2.24, 2.45) is 0 Å². The van der Waals surface area contributed by atoms with E-state index in [-0.39, 0.29) is 0 Å². The number of halogens is 1. The fourth-order valence-corrected chi connectivity index (χ4v) is 4.15. The molecule has 8 nitrogen and oxygen atoms in total. The van der Waals surface area contributed by atoms with Crippen molar-refractivity contribution in [3.05, 3.63) is 100.0 Å². The fourth-order valence-electron chi connectivity index (χ4n) is 3.97. The molecule has 3 aromatic heterocycles. The lowest BCUT2D eigenvalue weighted by Crippen LogP contribution is -2.12. The minimum absolute atomic E-state index is 0.443. The molecule has 0 unspecified atom stereocenters. The van der Waals surface area contributed by atoms with E-state index in [1.54, 1.807) is 17.8 Å². The van der Waals surface area contributed by atoms with Gasteiger partial charge in [-0.15, -0.1) is 5.10 Å². The average molecular weight is 500 g/mol. The van der Waals surface area contributed by atoms with E-state index in [1.807, 2.05) is 68.6 Å². The van der Waals surface area contributed by atoms with E-state index in [0.717, 1.165) is 45.2 Å². The van der Waals surface area contributed by atoms with E-state index in [4.69, 9.17) is 26.4 Å². The summed E-state index contributed by atoms with van der Waals surface area (Å²) in [5.74, 6) is 2.60. The summed E-state index contributed by atoms with van der Waals surface area (Å²) in [5, 5.41) is 12.3. The predicted octanol–water partition coefficient (Wildman–Crippen LogP) is 5.74. The molecule has 9 heteroatoms. The lowest BCUT2D eigenvalue weighted by Gasteiger charge is -2.15. The lowest BCUT2D eigenvalue weighted by molar-refractivity contribution is 0.414. The van der Waals surface area contributed by atoms with Crippen molar-refractivity contribution in [3.63, 3.8) is 0 Å². The van der Waals surface area contributed by atoms with Crippen molar-refractivity contribution in [3.8, 4) is 5.75 Å². The van der Waals surface area contributed by atoms with Crippen molar-refractivity contribution < 1.29 is 4.74 Å². The van der Waals surface area contributed by atoms with Crippen molar-refractivity contribution >= 4 is 34.8 Å². The zero-order valence-corrected chi connectivity index (χ0v) is 21.0. The number of aromatic nitrogens is 5. The summed E-state index contributed by atoms with van der Waals surface area (Å²) in [6.07, 6.45) is 4.30. The molecule has 36 heavy (non-hydrogen) atoms. The number of hydrogen-bond donors (Lipinski definition) is 2. The Morgan fingerprint density at radius 3 is 2.58 bits per heavy atom. The highest BCUT2D eigenvalue weighted by molar-refractivity contribution is 6.30. The normalized spacial score (nSPS) is 11.0. The number of fused-ring (bicyclic) bond motifs is 1. The Hall–Kier alpha value is -4.17. The van der Waals surface area contributed by atoms with Gasteiger partial charge < -0.3 is 15.4 Å². The number of hydrogen-bond acceptors (Lipinski definition) is 7. The van der Waals surface area contributed by atoms with Gasteiger partial charge in [0, 0.05) is 47.3 Å². The van der Waals surface area contributed by atoms with Gasteiger partial charge in [-0.3, -0.25) is 4.98 Å². The van der Waals surface area contributed by atoms with Crippen LogP contribution in [0, 0.1) is 13.8 Å². The van der Waals surface area contributed by atoms with Crippen molar-refractivity contribution in [2.45, 2.75) is 26.8 Å². The quantitative estimate of drug-likeness (QED) is 0.281. The molecule has 0 saturated carbocycles. The summed E-state index contributed by atoms with van der Waals surface area (Å²) >= 11 is 6.20. The van der Waals surface area contributed by atoms with Crippen LogP contribution in [0.25, 0.3) is 5.78 Å². The monoisotopic (exact) mass is 499 g/mol. The Balaban J connectivity index is 1.54. The minimum atomic E-state index is 0.443. The van der Waals surface area contributed by atoms with Gasteiger partial charge in [-0.25, -0.2) is 4.98 Å². The first-order chi connectivity index (χ1) is 17.5. The molecular weight excluding hydrogens is 474 g/mol. The molecular formula is C27H26ClN7O. The van der Waals surface area contributed by atoms with Gasteiger partial charge in [-0.1, -0.05) is 35.9 Å². The van der Waals surface area contributed by atoms with Crippen LogP contribution in [0.15, 0.2) is 67.0 Å². The van der Waals surface area contributed by atoms with Crippen LogP contribution < -0.4 is 15.4 Å². The van der Waals surface area contributed by atoms with Crippen molar-refractivity contribution in [1.29, 1.82) is 0 Å². The zero-order valence-electron chi connectivity index (χ0n) is 20.3. The fraction of sp³-hybridized carbons (Fsp3) is 0.185. The summed E-state index contributed by atoms with van der Waals surface area (Å²) in [7, 11) is 1.66. The Morgan fingerprint density at radius 1 is 1.00 bits per heavy atom. The molecule has 3 heterocycles. The molecule has 182 valence electrons. The third-order valence-electron chi connectivity index (χ3n) is 5.96. The number of ether oxygens (including phenoxy) is 1. The van der Waals surface area contributed by atoms with Gasteiger partial charge in [0.25, 0.3) is 5.78 Å². The number of rotatable bonds is 8. The summed E-state index contributed by atoms with van der Waals surface area (Å²) in [6.45, 7) is 4.59. The van der Waals surface area contributed by atoms with Gasteiger partial charge in [0.1, 0.15) is 11.6 Å². The summed E-state index contributed by atoms with van der Waals surface area (Å²) in [5.41, 5.74) is 5.98. The van der Waals surface area contributed by atoms with Gasteiger partial charge >= 0.3 is 0 Å². The van der Waals surface area contributed by atoms with E-state index in [9.17, 15) is 0 Å². The Morgan fingerprint density at radius 2 is 1.83 bits per heavy atom. The molecule has 0 atom stereocenters. The Bertz CT molecular complexity index is 1500. The van der Waals surface area contributed by atoms with Crippen LogP contribution in [-0.2, 0) is 13.0 Å². The molecule has 0 fully saturated rings. The number of methoxy groups -OCH3 is 1. The molecule has 2 aromatic carbocycles. The molecule has 0 aliphatic carbocycles. The van der Waals surface area contributed by atoms with Gasteiger partial charge in [0.15, 0.2) is 0 Å². The second-order valence-corrected chi connectivity index (χ2v) is 8.93. The molecule has 0 bridgehead atoms. The van der Waals surface area contributed by atoms with E-state index in [2.05, 4.69) is 26.7 Å². The van der Waals surface area contributed by atoms with Crippen molar-refractivity contribution in [1.82, 2.24) is 24.6 Å². The van der Waals surface area contributed by atoms with Crippen LogP contribution in [0.4, 0.5) is 17.5 Å². The van der Waals surface area contributed by atoms with Crippen LogP contribution in [0.3, 0.4) is 0 Å². The predicted molar refractivity (Wildman–Crippen MR) is 142 cm³/mol. The maximum absolute atomic E-state index is 6.20. The molecule has 0 amide bonds. The van der Waals surface area contributed by atoms with E-state index >= 15 is 0 Å². The molecule has 2 N–H and O–H groups in total. The third-order valence-corrected chi connectivity index (χ3v) is 6.20. The number of pyridine rings is 1. The van der Waals surface area contributed by atoms with Gasteiger partial charge in [0.05, 0.1) is 7.11 Å². The van der Waals surface area contributed by atoms with Crippen LogP contribution in [-0.4, -0.2) is 31.7 Å². The molecule has 5 rings (SSSR count). The molecule has 5 aromatic rings. The molecule has 0 saturated heterocycles. The summed E-state index contributed by atoms with van der Waals surface area (Å²) in [4.78, 5) is 13.7. The van der Waals surface area contributed by atoms with Crippen LogP contribution >= 0.6 is 11.6 Å². The number of aryl methyl sites for hydroxylation is 2. The Kier molecular flexibility index (Phi) is 6.69. The largest absolute Gasteiger partial charge is 0.497 e. The maximum atomic E-state index is 6.20. The van der Waals surface area contributed by atoms with E-state index in [0.29, 0.717) is 29.7 Å². The standard InChI is InChI=1S/C27H26ClN7O/c1-17-6-9-21(28)14-24(17)32-26-33-27-31-18(2)23(13-20-5-4-12-29-15-20)25(35(27)34-26)30-16-19-7-10-22(36-3)11-8-19/h4-12,14-15,30H,13,16H2,1-3H3,(H,32,34). The highest BCUT2D eigenvalue weighted by Crippen LogP contribution is 2.27. The lowest BCUT2D eigenvalue weighted by atomic mass is 10.1. The topological polar surface area (TPSA) is 89.3 Å². The van der Waals surface area contributed by atoms with Gasteiger partial charge in [-0.05, 0) is 60.9 Å².